The van der Waals surface area contributed by atoms with Crippen LogP contribution in [0, 0.1) is 0 Å². The van der Waals surface area contributed by atoms with Crippen LogP contribution in [0.1, 0.15) is 11.9 Å². The van der Waals surface area contributed by atoms with Crippen LogP contribution in [0.5, 0.6) is 23.0 Å². The van der Waals surface area contributed by atoms with Crippen LogP contribution in [0.15, 0.2) is 157 Å². The molecule has 0 fully saturated rings. The summed E-state index contributed by atoms with van der Waals surface area (Å²) in [5.74, 6) is 2.80. The quantitative estimate of drug-likeness (QED) is 0.198. The van der Waals surface area contributed by atoms with Crippen molar-refractivity contribution in [3.63, 3.8) is 0 Å². The first kappa shape index (κ1) is 26.8. The Morgan fingerprint density at radius 3 is 2.00 bits per heavy atom. The minimum absolute atomic E-state index is 0.390. The molecule has 0 aliphatic carbocycles. The van der Waals surface area contributed by atoms with Crippen LogP contribution >= 0.6 is 0 Å². The normalized spacial score (nSPS) is 15.0. The predicted octanol–water partition coefficient (Wildman–Crippen LogP) is 9.39. The molecule has 1 unspecified atom stereocenters. The molecule has 1 atom stereocenters. The molecule has 0 bridgehead atoms. The Bertz CT molecular complexity index is 2700. The van der Waals surface area contributed by atoms with Gasteiger partial charge in [-0.05, 0) is 63.9 Å². The van der Waals surface area contributed by atoms with Crippen molar-refractivity contribution >= 4 is 38.3 Å². The van der Waals surface area contributed by atoms with Crippen molar-refractivity contribution in [3.05, 3.63) is 168 Å². The van der Waals surface area contributed by atoms with E-state index in [1.54, 1.807) is 0 Å². The van der Waals surface area contributed by atoms with Crippen LogP contribution in [0.3, 0.4) is 0 Å². The number of aromatic nitrogens is 1. The van der Waals surface area contributed by atoms with Crippen molar-refractivity contribution in [2.24, 2.45) is 4.99 Å². The van der Waals surface area contributed by atoms with E-state index in [-0.39, 0.29) is 6.29 Å². The van der Waals surface area contributed by atoms with Gasteiger partial charge in [-0.25, -0.2) is 4.99 Å². The summed E-state index contributed by atoms with van der Waals surface area (Å²) in [5, 5.41) is 6.50. The maximum absolute atomic E-state index is 6.82. The summed E-state index contributed by atoms with van der Waals surface area (Å²) in [7, 11) is 2.14. The molecule has 2 aliphatic heterocycles. The average molecular weight is 620 g/mol. The van der Waals surface area contributed by atoms with Crippen LogP contribution in [-0.2, 0) is 0 Å². The third-order valence-electron chi connectivity index (χ3n) is 9.64. The zero-order valence-electron chi connectivity index (χ0n) is 26.2. The molecule has 0 amide bonds. The van der Waals surface area contributed by atoms with Crippen molar-refractivity contribution in [2.75, 3.05) is 7.05 Å². The van der Waals surface area contributed by atoms with E-state index in [9.17, 15) is 0 Å². The van der Waals surface area contributed by atoms with Crippen molar-refractivity contribution in [1.29, 1.82) is 0 Å². The number of hydrogen-bond donors (Lipinski definition) is 0. The first-order chi connectivity index (χ1) is 23.7. The number of ether oxygens (including phenoxy) is 2. The van der Waals surface area contributed by atoms with Crippen LogP contribution in [0.25, 0.3) is 49.4 Å². The molecule has 0 N–H and O–H groups in total. The Hall–Kier alpha value is -6.33. The Morgan fingerprint density at radius 1 is 0.542 bits per heavy atom. The zero-order valence-corrected chi connectivity index (χ0v) is 26.2. The van der Waals surface area contributed by atoms with Gasteiger partial charge in [0.1, 0.15) is 0 Å². The molecule has 5 nitrogen and oxygen atoms in total. The van der Waals surface area contributed by atoms with Gasteiger partial charge in [-0.15, -0.1) is 0 Å². The van der Waals surface area contributed by atoms with Crippen LogP contribution < -0.4 is 20.0 Å². The van der Waals surface area contributed by atoms with Crippen molar-refractivity contribution in [1.82, 2.24) is 9.47 Å². The van der Waals surface area contributed by atoms with E-state index in [0.717, 1.165) is 54.4 Å². The van der Waals surface area contributed by atoms with E-state index in [4.69, 9.17) is 14.5 Å². The Kier molecular flexibility index (Phi) is 5.78. The fourth-order valence-corrected chi connectivity index (χ4v) is 7.39. The fraction of sp³-hybridized carbons (Fsp3) is 0.0465. The maximum Gasteiger partial charge on any atom is 0.203 e. The standard InChI is InChI=1S/C43H29N3O2/c1-45-40(29-21-19-28(20-22-29)27-11-3-2-4-12-27)34-16-7-9-17-35(34)44-43(45)46-36-18-10-8-15-32(36)33-23-24-37-42(41(33)46)48-39-26-31-14-6-5-13-30(31)25-38(39)47-37/h2-26,43H,1H3. The molecule has 0 radical (unpaired) electrons. The highest BCUT2D eigenvalue weighted by atomic mass is 16.6. The molecule has 228 valence electrons. The summed E-state index contributed by atoms with van der Waals surface area (Å²) in [6.07, 6.45) is -0.390. The SMILES string of the molecule is CN1C(c2ccc(-c3ccccc3)cc2)=c2ccccc2=NC1n1c2ccccc2c2ccc3c(c21)Oc1cc2ccccc2cc1O3. The number of rotatable bonds is 3. The smallest absolute Gasteiger partial charge is 0.203 e. The van der Waals surface area contributed by atoms with Gasteiger partial charge in [-0.2, -0.15) is 0 Å². The monoisotopic (exact) mass is 619 g/mol. The molecule has 0 saturated carbocycles. The maximum atomic E-state index is 6.82. The first-order valence-corrected chi connectivity index (χ1v) is 16.2. The third-order valence-corrected chi connectivity index (χ3v) is 9.64. The van der Waals surface area contributed by atoms with E-state index in [0.29, 0.717) is 23.0 Å². The number of para-hydroxylation sites is 2. The molecular formula is C43H29N3O2. The van der Waals surface area contributed by atoms with Gasteiger partial charge in [-0.1, -0.05) is 115 Å². The zero-order chi connectivity index (χ0) is 31.8. The number of fused-ring (bicyclic) bond motifs is 8. The molecule has 3 heterocycles. The number of benzene rings is 7. The highest BCUT2D eigenvalue weighted by Gasteiger charge is 2.31. The molecule has 1 aromatic heterocycles. The summed E-state index contributed by atoms with van der Waals surface area (Å²) >= 11 is 0. The summed E-state index contributed by atoms with van der Waals surface area (Å²) < 4.78 is 15.7. The van der Waals surface area contributed by atoms with Crippen LogP contribution in [0.2, 0.25) is 0 Å². The van der Waals surface area contributed by atoms with E-state index in [1.165, 1.54) is 11.1 Å². The summed E-state index contributed by atoms with van der Waals surface area (Å²) in [4.78, 5) is 7.70. The minimum Gasteiger partial charge on any atom is -0.449 e. The molecular weight excluding hydrogens is 590 g/mol. The van der Waals surface area contributed by atoms with Gasteiger partial charge in [0.05, 0.1) is 22.1 Å². The van der Waals surface area contributed by atoms with Gasteiger partial charge in [0, 0.05) is 23.0 Å². The van der Waals surface area contributed by atoms with E-state index >= 15 is 0 Å². The molecule has 48 heavy (non-hydrogen) atoms. The van der Waals surface area contributed by atoms with Crippen LogP contribution in [0.4, 0.5) is 0 Å². The lowest BCUT2D eigenvalue weighted by atomic mass is 10.0. The fourth-order valence-electron chi connectivity index (χ4n) is 7.39. The summed E-state index contributed by atoms with van der Waals surface area (Å²) in [5.41, 5.74) is 6.67. The minimum atomic E-state index is -0.390. The lowest BCUT2D eigenvalue weighted by molar-refractivity contribution is 0.269. The summed E-state index contributed by atoms with van der Waals surface area (Å²) in [6, 6.07) is 52.9. The first-order valence-electron chi connectivity index (χ1n) is 16.2. The van der Waals surface area contributed by atoms with Gasteiger partial charge in [-0.3, -0.25) is 4.57 Å². The van der Waals surface area contributed by atoms with Crippen molar-refractivity contribution < 1.29 is 9.47 Å². The van der Waals surface area contributed by atoms with Gasteiger partial charge < -0.3 is 14.4 Å². The van der Waals surface area contributed by atoms with Gasteiger partial charge >= 0.3 is 0 Å². The predicted molar refractivity (Wildman–Crippen MR) is 192 cm³/mol. The molecule has 7 aromatic carbocycles. The van der Waals surface area contributed by atoms with Crippen molar-refractivity contribution in [2.45, 2.75) is 6.29 Å². The van der Waals surface area contributed by atoms with E-state index in [2.05, 4.69) is 150 Å². The van der Waals surface area contributed by atoms with Gasteiger partial charge in [0.2, 0.25) is 6.29 Å². The largest absolute Gasteiger partial charge is 0.449 e. The molecule has 5 heteroatoms. The van der Waals surface area contributed by atoms with Gasteiger partial charge in [0.25, 0.3) is 0 Å². The highest BCUT2D eigenvalue weighted by molar-refractivity contribution is 6.11. The Balaban J connectivity index is 1.18. The van der Waals surface area contributed by atoms with Crippen LogP contribution in [-0.4, -0.2) is 16.5 Å². The molecule has 0 saturated heterocycles. The Morgan fingerprint density at radius 2 is 1.19 bits per heavy atom. The highest BCUT2D eigenvalue weighted by Crippen LogP contribution is 2.52. The molecule has 8 aromatic rings. The third kappa shape index (κ3) is 4.01. The van der Waals surface area contributed by atoms with E-state index in [1.807, 2.05) is 18.2 Å². The lowest BCUT2D eigenvalue weighted by Gasteiger charge is -2.34. The number of nitrogens with zero attached hydrogens (tertiary/aromatic N) is 3. The van der Waals surface area contributed by atoms with E-state index < -0.39 is 0 Å². The number of hydrogen-bond acceptors (Lipinski definition) is 4. The topological polar surface area (TPSA) is 39.0 Å². The molecule has 0 spiro atoms. The molecule has 2 aliphatic rings. The van der Waals surface area contributed by atoms with Crippen molar-refractivity contribution in [3.8, 4) is 34.1 Å². The summed E-state index contributed by atoms with van der Waals surface area (Å²) in [6.45, 7) is 0. The Labute approximate surface area is 276 Å². The second-order valence-electron chi connectivity index (χ2n) is 12.4. The molecule has 10 rings (SSSR count). The van der Waals surface area contributed by atoms with Gasteiger partial charge in [0.15, 0.2) is 23.0 Å². The second-order valence-corrected chi connectivity index (χ2v) is 12.4. The lowest BCUT2D eigenvalue weighted by Crippen LogP contribution is -2.42. The average Bonchev–Trinajstić information content (AvgIpc) is 3.48. The second kappa shape index (κ2) is 10.3.